The van der Waals surface area contributed by atoms with Gasteiger partial charge in [0.25, 0.3) is 0 Å². The van der Waals surface area contributed by atoms with Gasteiger partial charge in [-0.1, -0.05) is 11.6 Å². The molecule has 0 atom stereocenters. The number of halogens is 2. The third-order valence-corrected chi connectivity index (χ3v) is 2.26. The molecule has 1 aromatic carbocycles. The van der Waals surface area contributed by atoms with Gasteiger partial charge in [0.1, 0.15) is 0 Å². The van der Waals surface area contributed by atoms with E-state index in [-0.39, 0.29) is 0 Å². The van der Waals surface area contributed by atoms with Crippen LogP contribution in [0.4, 0.5) is 0 Å². The van der Waals surface area contributed by atoms with Crippen molar-refractivity contribution in [2.75, 3.05) is 0 Å². The van der Waals surface area contributed by atoms with Crippen molar-refractivity contribution in [2.24, 2.45) is 0 Å². The largest absolute Gasteiger partial charge is 0.243 e. The van der Waals surface area contributed by atoms with E-state index in [0.29, 0.717) is 16.1 Å². The van der Waals surface area contributed by atoms with Gasteiger partial charge in [-0.25, -0.2) is 4.63 Å². The van der Waals surface area contributed by atoms with Gasteiger partial charge in [0.05, 0.1) is 5.02 Å². The summed E-state index contributed by atoms with van der Waals surface area (Å²) < 4.78 is 5.34. The zero-order chi connectivity index (χ0) is 7.84. The molecule has 0 saturated carbocycles. The van der Waals surface area contributed by atoms with Crippen LogP contribution < -0.4 is 0 Å². The first-order valence-electron chi connectivity index (χ1n) is 2.85. The second-order valence-electron chi connectivity index (χ2n) is 1.99. The molecule has 2 rings (SSSR count). The van der Waals surface area contributed by atoms with Crippen LogP contribution in [-0.4, -0.2) is 10.3 Å². The average molecular weight is 233 g/mol. The standard InChI is InChI=1S/C6H2BrClN2O/c7-3-1-2-4(8)6-5(3)9-11-10-6/h1-2H. The fourth-order valence-electron chi connectivity index (χ4n) is 0.806. The van der Waals surface area contributed by atoms with Gasteiger partial charge < -0.3 is 0 Å². The molecule has 1 aromatic heterocycles. The van der Waals surface area contributed by atoms with Crippen molar-refractivity contribution in [1.82, 2.24) is 10.3 Å². The Labute approximate surface area is 75.4 Å². The molecule has 0 fully saturated rings. The van der Waals surface area contributed by atoms with Crippen molar-refractivity contribution >= 4 is 38.6 Å². The lowest BCUT2D eigenvalue weighted by Gasteiger charge is -1.89. The number of hydrogen-bond acceptors (Lipinski definition) is 3. The number of fused-ring (bicyclic) bond motifs is 1. The molecule has 56 valence electrons. The van der Waals surface area contributed by atoms with Gasteiger partial charge in [-0.05, 0) is 38.4 Å². The molecule has 5 heteroatoms. The molecule has 2 aromatic rings. The predicted molar refractivity (Wildman–Crippen MR) is 44.5 cm³/mol. The Kier molecular flexibility index (Phi) is 1.58. The highest BCUT2D eigenvalue weighted by Crippen LogP contribution is 2.26. The molecular weight excluding hydrogens is 231 g/mol. The summed E-state index contributed by atoms with van der Waals surface area (Å²) in [5, 5.41) is 7.84. The van der Waals surface area contributed by atoms with Gasteiger partial charge in [0.2, 0.25) is 0 Å². The Hall–Kier alpha value is -0.610. The first kappa shape index (κ1) is 7.06. The van der Waals surface area contributed by atoms with Crippen molar-refractivity contribution < 1.29 is 4.63 Å². The van der Waals surface area contributed by atoms with Crippen molar-refractivity contribution in [3.63, 3.8) is 0 Å². The molecule has 0 N–H and O–H groups in total. The number of benzene rings is 1. The average Bonchev–Trinajstić information content (AvgIpc) is 2.45. The van der Waals surface area contributed by atoms with Gasteiger partial charge in [0.15, 0.2) is 11.0 Å². The number of rotatable bonds is 0. The normalized spacial score (nSPS) is 10.7. The highest BCUT2D eigenvalue weighted by molar-refractivity contribution is 9.10. The SMILES string of the molecule is Clc1ccc(Br)c2nonc12. The summed E-state index contributed by atoms with van der Waals surface area (Å²) in [4.78, 5) is 0. The van der Waals surface area contributed by atoms with E-state index in [2.05, 4.69) is 30.9 Å². The maximum absolute atomic E-state index is 5.79. The third kappa shape index (κ3) is 1.02. The highest BCUT2D eigenvalue weighted by Gasteiger charge is 2.07. The van der Waals surface area contributed by atoms with Crippen molar-refractivity contribution in [3.05, 3.63) is 21.6 Å². The topological polar surface area (TPSA) is 38.9 Å². The summed E-state index contributed by atoms with van der Waals surface area (Å²) >= 11 is 9.08. The van der Waals surface area contributed by atoms with Crippen LogP contribution in [0.1, 0.15) is 0 Å². The molecule has 0 aliphatic heterocycles. The van der Waals surface area contributed by atoms with E-state index in [0.717, 1.165) is 4.47 Å². The molecule has 0 saturated heterocycles. The first-order valence-corrected chi connectivity index (χ1v) is 4.02. The van der Waals surface area contributed by atoms with Gasteiger partial charge >= 0.3 is 0 Å². The van der Waals surface area contributed by atoms with Crippen molar-refractivity contribution in [1.29, 1.82) is 0 Å². The van der Waals surface area contributed by atoms with E-state index >= 15 is 0 Å². The Morgan fingerprint density at radius 2 is 2.00 bits per heavy atom. The lowest BCUT2D eigenvalue weighted by atomic mass is 10.3. The van der Waals surface area contributed by atoms with Crippen molar-refractivity contribution in [2.45, 2.75) is 0 Å². The number of aromatic nitrogens is 2. The molecule has 3 nitrogen and oxygen atoms in total. The van der Waals surface area contributed by atoms with Crippen LogP contribution in [0, 0.1) is 0 Å². The lowest BCUT2D eigenvalue weighted by molar-refractivity contribution is 0.315. The minimum Gasteiger partial charge on any atom is -0.243 e. The predicted octanol–water partition coefficient (Wildman–Crippen LogP) is 2.64. The molecule has 0 aliphatic rings. The summed E-state index contributed by atoms with van der Waals surface area (Å²) in [6.07, 6.45) is 0. The Balaban J connectivity index is 2.96. The van der Waals surface area contributed by atoms with E-state index in [1.54, 1.807) is 12.1 Å². The second kappa shape index (κ2) is 2.46. The van der Waals surface area contributed by atoms with Crippen LogP contribution >= 0.6 is 27.5 Å². The molecule has 0 spiro atoms. The van der Waals surface area contributed by atoms with Gasteiger partial charge in [-0.3, -0.25) is 0 Å². The summed E-state index contributed by atoms with van der Waals surface area (Å²) in [6, 6.07) is 3.53. The fraction of sp³-hybridized carbons (Fsp3) is 0. The minimum absolute atomic E-state index is 0.546. The molecule has 0 aliphatic carbocycles. The maximum Gasteiger partial charge on any atom is 0.154 e. The first-order chi connectivity index (χ1) is 5.29. The van der Waals surface area contributed by atoms with E-state index in [4.69, 9.17) is 11.6 Å². The van der Waals surface area contributed by atoms with E-state index in [1.165, 1.54) is 0 Å². The fourth-order valence-corrected chi connectivity index (χ4v) is 1.39. The lowest BCUT2D eigenvalue weighted by Crippen LogP contribution is -1.72. The van der Waals surface area contributed by atoms with Gasteiger partial charge in [-0.2, -0.15) is 0 Å². The van der Waals surface area contributed by atoms with Gasteiger partial charge in [-0.15, -0.1) is 0 Å². The Morgan fingerprint density at radius 3 is 2.73 bits per heavy atom. The van der Waals surface area contributed by atoms with E-state index in [9.17, 15) is 0 Å². The maximum atomic E-state index is 5.79. The van der Waals surface area contributed by atoms with E-state index < -0.39 is 0 Å². The van der Waals surface area contributed by atoms with Crippen LogP contribution in [-0.2, 0) is 0 Å². The zero-order valence-corrected chi connectivity index (χ0v) is 7.56. The van der Waals surface area contributed by atoms with Crippen LogP contribution in [0.25, 0.3) is 11.0 Å². The van der Waals surface area contributed by atoms with Gasteiger partial charge in [0, 0.05) is 4.47 Å². The van der Waals surface area contributed by atoms with Crippen LogP contribution in [0.2, 0.25) is 5.02 Å². The van der Waals surface area contributed by atoms with Crippen LogP contribution in [0.15, 0.2) is 21.2 Å². The Bertz CT molecular complexity index is 364. The summed E-state index contributed by atoms with van der Waals surface area (Å²) in [7, 11) is 0. The molecule has 1 heterocycles. The molecule has 0 unspecified atom stereocenters. The smallest absolute Gasteiger partial charge is 0.154 e. The molecule has 0 bridgehead atoms. The summed E-state index contributed by atoms with van der Waals surface area (Å²) in [5.41, 5.74) is 1.23. The van der Waals surface area contributed by atoms with Crippen molar-refractivity contribution in [3.8, 4) is 0 Å². The number of hydrogen-bond donors (Lipinski definition) is 0. The monoisotopic (exact) mass is 232 g/mol. The molecule has 0 radical (unpaired) electrons. The highest BCUT2D eigenvalue weighted by atomic mass is 79.9. The third-order valence-electron chi connectivity index (χ3n) is 1.32. The van der Waals surface area contributed by atoms with Crippen LogP contribution in [0.3, 0.4) is 0 Å². The minimum atomic E-state index is 0.546. The summed E-state index contributed by atoms with van der Waals surface area (Å²) in [5.74, 6) is 0. The zero-order valence-electron chi connectivity index (χ0n) is 5.21. The summed E-state index contributed by atoms with van der Waals surface area (Å²) in [6.45, 7) is 0. The molecule has 0 amide bonds. The second-order valence-corrected chi connectivity index (χ2v) is 3.25. The quantitative estimate of drug-likeness (QED) is 0.702. The van der Waals surface area contributed by atoms with Crippen LogP contribution in [0.5, 0.6) is 0 Å². The molecular formula is C6H2BrClN2O. The molecule has 11 heavy (non-hydrogen) atoms. The Morgan fingerprint density at radius 1 is 1.27 bits per heavy atom. The van der Waals surface area contributed by atoms with E-state index in [1.807, 2.05) is 0 Å². The number of nitrogens with zero attached hydrogens (tertiary/aromatic N) is 2.